The third kappa shape index (κ3) is 6.99. The topological polar surface area (TPSA) is 179 Å². The molecule has 0 aliphatic carbocycles. The second-order valence-electron chi connectivity index (χ2n) is 5.48. The van der Waals surface area contributed by atoms with Gasteiger partial charge in [0.15, 0.2) is 0 Å². The summed E-state index contributed by atoms with van der Waals surface area (Å²) in [4.78, 5) is 52.9. The summed E-state index contributed by atoms with van der Waals surface area (Å²) in [6.45, 7) is 2.34. The van der Waals surface area contributed by atoms with Crippen molar-refractivity contribution in [3.8, 4) is 0 Å². The first-order chi connectivity index (χ1) is 11.7. The molecular weight excluding hydrogens is 332 g/mol. The average molecular weight is 354 g/mol. The number of aliphatic carboxylic acids is 1. The summed E-state index contributed by atoms with van der Waals surface area (Å²) in [5, 5.41) is 15.8. The highest BCUT2D eigenvalue weighted by Gasteiger charge is 2.24. The lowest BCUT2D eigenvalue weighted by molar-refractivity contribution is -0.141. The lowest BCUT2D eigenvalue weighted by atomic mass is 10.1. The minimum Gasteiger partial charge on any atom is -0.480 e. The molecule has 0 aliphatic heterocycles. The molecule has 1 rings (SSSR count). The maximum Gasteiger partial charge on any atom is 0.325 e. The highest BCUT2D eigenvalue weighted by molar-refractivity contribution is 5.92. The maximum atomic E-state index is 12.3. The Morgan fingerprint density at radius 2 is 1.92 bits per heavy atom. The number of aromatic nitrogens is 2. The Kier molecular flexibility index (Phi) is 7.53. The van der Waals surface area contributed by atoms with E-state index in [1.54, 1.807) is 0 Å². The molecule has 0 saturated heterocycles. The van der Waals surface area contributed by atoms with E-state index in [0.717, 1.165) is 0 Å². The standard InChI is InChI=1S/C14H22N6O5/c1-7(15)12(22)20-10(3-9-4-16-6-18-9)13(23)17-5-11(21)19-8(2)14(24)25/h4,6-8,10H,3,5,15H2,1-2H3,(H,16,18)(H,17,23)(H,19,21)(H,20,22)(H,24,25). The van der Waals surface area contributed by atoms with Gasteiger partial charge in [0.2, 0.25) is 17.7 Å². The van der Waals surface area contributed by atoms with Gasteiger partial charge in [0.1, 0.15) is 12.1 Å². The van der Waals surface area contributed by atoms with E-state index in [1.807, 2.05) is 0 Å². The van der Waals surface area contributed by atoms with Crippen LogP contribution in [0.25, 0.3) is 0 Å². The molecule has 1 heterocycles. The largest absolute Gasteiger partial charge is 0.480 e. The predicted molar refractivity (Wildman–Crippen MR) is 86.1 cm³/mol. The molecule has 0 fully saturated rings. The van der Waals surface area contributed by atoms with Crippen LogP contribution in [0.4, 0.5) is 0 Å². The summed E-state index contributed by atoms with van der Waals surface area (Å²) in [5.74, 6) is -2.99. The molecule has 25 heavy (non-hydrogen) atoms. The van der Waals surface area contributed by atoms with Crippen molar-refractivity contribution in [2.45, 2.75) is 38.4 Å². The molecule has 11 heteroatoms. The number of rotatable bonds is 9. The van der Waals surface area contributed by atoms with Crippen LogP contribution in [-0.2, 0) is 25.6 Å². The molecule has 7 N–H and O–H groups in total. The second-order valence-corrected chi connectivity index (χ2v) is 5.48. The quantitative estimate of drug-likeness (QED) is 0.283. The van der Waals surface area contributed by atoms with Gasteiger partial charge in [-0.05, 0) is 13.8 Å². The van der Waals surface area contributed by atoms with Gasteiger partial charge in [-0.1, -0.05) is 0 Å². The van der Waals surface area contributed by atoms with Gasteiger partial charge in [-0.3, -0.25) is 19.2 Å². The normalized spacial score (nSPS) is 14.0. The highest BCUT2D eigenvalue weighted by Crippen LogP contribution is 1.99. The fourth-order valence-electron chi connectivity index (χ4n) is 1.77. The van der Waals surface area contributed by atoms with Crippen LogP contribution >= 0.6 is 0 Å². The van der Waals surface area contributed by atoms with Crippen LogP contribution in [0.15, 0.2) is 12.5 Å². The first kappa shape index (κ1) is 20.1. The summed E-state index contributed by atoms with van der Waals surface area (Å²) >= 11 is 0. The van der Waals surface area contributed by atoms with Gasteiger partial charge in [-0.15, -0.1) is 0 Å². The monoisotopic (exact) mass is 354 g/mol. The molecule has 3 unspecified atom stereocenters. The molecule has 11 nitrogen and oxygen atoms in total. The fourth-order valence-corrected chi connectivity index (χ4v) is 1.77. The van der Waals surface area contributed by atoms with E-state index in [1.165, 1.54) is 26.4 Å². The maximum absolute atomic E-state index is 12.3. The van der Waals surface area contributed by atoms with Crippen LogP contribution in [0.2, 0.25) is 0 Å². The molecular formula is C14H22N6O5. The molecule has 0 radical (unpaired) electrons. The SMILES string of the molecule is CC(N)C(=O)NC(Cc1cnc[nH]1)C(=O)NCC(=O)NC(C)C(=O)O. The van der Waals surface area contributed by atoms with Crippen molar-refractivity contribution in [2.24, 2.45) is 5.73 Å². The minimum absolute atomic E-state index is 0.122. The third-order valence-corrected chi connectivity index (χ3v) is 3.20. The lowest BCUT2D eigenvalue weighted by Gasteiger charge is -2.19. The van der Waals surface area contributed by atoms with Crippen molar-refractivity contribution >= 4 is 23.7 Å². The predicted octanol–water partition coefficient (Wildman–Crippen LogP) is -2.51. The summed E-state index contributed by atoms with van der Waals surface area (Å²) in [6, 6.07) is -2.86. The van der Waals surface area contributed by atoms with E-state index < -0.39 is 48.4 Å². The van der Waals surface area contributed by atoms with Gasteiger partial charge in [-0.2, -0.15) is 0 Å². The van der Waals surface area contributed by atoms with Crippen molar-refractivity contribution in [3.63, 3.8) is 0 Å². The van der Waals surface area contributed by atoms with Crippen LogP contribution in [0.1, 0.15) is 19.5 Å². The average Bonchev–Trinajstić information content (AvgIpc) is 3.04. The van der Waals surface area contributed by atoms with Crippen LogP contribution in [0, 0.1) is 0 Å². The first-order valence-electron chi connectivity index (χ1n) is 7.53. The van der Waals surface area contributed by atoms with Gasteiger partial charge >= 0.3 is 5.97 Å². The number of nitrogens with one attached hydrogen (secondary N) is 4. The Balaban J connectivity index is 2.63. The number of carbonyl (C=O) groups is 4. The second kappa shape index (κ2) is 9.37. The number of carboxylic acid groups (broad SMARTS) is 1. The molecule has 1 aromatic rings. The number of carboxylic acids is 1. The molecule has 3 atom stereocenters. The van der Waals surface area contributed by atoms with Gasteiger partial charge in [0.25, 0.3) is 0 Å². The van der Waals surface area contributed by atoms with Crippen molar-refractivity contribution in [3.05, 3.63) is 18.2 Å². The third-order valence-electron chi connectivity index (χ3n) is 3.20. The van der Waals surface area contributed by atoms with E-state index >= 15 is 0 Å². The number of imidazole rings is 1. The van der Waals surface area contributed by atoms with Crippen molar-refractivity contribution < 1.29 is 24.3 Å². The van der Waals surface area contributed by atoms with E-state index in [9.17, 15) is 19.2 Å². The Morgan fingerprint density at radius 3 is 2.44 bits per heavy atom. The lowest BCUT2D eigenvalue weighted by Crippen LogP contribution is -2.53. The highest BCUT2D eigenvalue weighted by atomic mass is 16.4. The van der Waals surface area contributed by atoms with Crippen LogP contribution in [0.3, 0.4) is 0 Å². The van der Waals surface area contributed by atoms with Crippen LogP contribution in [0.5, 0.6) is 0 Å². The summed E-state index contributed by atoms with van der Waals surface area (Å²) in [6.07, 6.45) is 3.05. The van der Waals surface area contributed by atoms with E-state index in [0.29, 0.717) is 5.69 Å². The minimum atomic E-state index is -1.19. The smallest absolute Gasteiger partial charge is 0.325 e. The van der Waals surface area contributed by atoms with E-state index in [-0.39, 0.29) is 6.42 Å². The van der Waals surface area contributed by atoms with E-state index in [4.69, 9.17) is 10.8 Å². The number of hydrogen-bond donors (Lipinski definition) is 6. The molecule has 0 bridgehead atoms. The summed E-state index contributed by atoms with van der Waals surface area (Å²) in [5.41, 5.74) is 6.09. The molecule has 3 amide bonds. The zero-order chi connectivity index (χ0) is 19.0. The molecule has 0 aliphatic rings. The number of H-pyrrole nitrogens is 1. The number of amides is 3. The fraction of sp³-hybridized carbons (Fsp3) is 0.500. The van der Waals surface area contributed by atoms with Gasteiger partial charge in [0.05, 0.1) is 18.9 Å². The van der Waals surface area contributed by atoms with Gasteiger partial charge in [-0.25, -0.2) is 4.98 Å². The zero-order valence-corrected chi connectivity index (χ0v) is 13.9. The molecule has 0 aromatic carbocycles. The van der Waals surface area contributed by atoms with Crippen LogP contribution in [-0.4, -0.2) is 63.4 Å². The molecule has 1 aromatic heterocycles. The number of aromatic amines is 1. The Bertz CT molecular complexity index is 615. The Labute approximate surface area is 143 Å². The van der Waals surface area contributed by atoms with E-state index in [2.05, 4.69) is 25.9 Å². The number of nitrogens with two attached hydrogens (primary N) is 1. The van der Waals surface area contributed by atoms with Gasteiger partial charge in [0, 0.05) is 18.3 Å². The number of carbonyl (C=O) groups excluding carboxylic acids is 3. The first-order valence-corrected chi connectivity index (χ1v) is 7.53. The molecule has 0 saturated carbocycles. The summed E-state index contributed by atoms with van der Waals surface area (Å²) in [7, 11) is 0. The molecule has 138 valence electrons. The van der Waals surface area contributed by atoms with Crippen molar-refractivity contribution in [1.29, 1.82) is 0 Å². The van der Waals surface area contributed by atoms with Crippen LogP contribution < -0.4 is 21.7 Å². The number of nitrogens with zero attached hydrogens (tertiary/aromatic N) is 1. The van der Waals surface area contributed by atoms with Crippen molar-refractivity contribution in [2.75, 3.05) is 6.54 Å². The van der Waals surface area contributed by atoms with Crippen molar-refractivity contribution in [1.82, 2.24) is 25.9 Å². The Morgan fingerprint density at radius 1 is 1.24 bits per heavy atom. The Hall–Kier alpha value is -2.95. The number of hydrogen-bond acceptors (Lipinski definition) is 6. The zero-order valence-electron chi connectivity index (χ0n) is 13.9. The summed E-state index contributed by atoms with van der Waals surface area (Å²) < 4.78 is 0. The molecule has 0 spiro atoms. The van der Waals surface area contributed by atoms with Gasteiger partial charge < -0.3 is 31.8 Å².